The minimum absolute atomic E-state index is 0.0511. The smallest absolute Gasteiger partial charge is 0.410 e. The highest BCUT2D eigenvalue weighted by atomic mass is 32.1. The quantitative estimate of drug-likeness (QED) is 0.279. The molecule has 0 unspecified atom stereocenters. The van der Waals surface area contributed by atoms with E-state index in [1.54, 1.807) is 32.9 Å². The molecule has 0 saturated heterocycles. The molecule has 0 aliphatic heterocycles. The third-order valence-corrected chi connectivity index (χ3v) is 5.46. The van der Waals surface area contributed by atoms with Crippen molar-refractivity contribution >= 4 is 34.8 Å². The van der Waals surface area contributed by atoms with Gasteiger partial charge in [0.2, 0.25) is 0 Å². The van der Waals surface area contributed by atoms with Gasteiger partial charge in [0.1, 0.15) is 29.9 Å². The molecule has 0 aliphatic rings. The van der Waals surface area contributed by atoms with E-state index in [2.05, 4.69) is 10.6 Å². The fourth-order valence-electron chi connectivity index (χ4n) is 3.45. The number of halogens is 1. The summed E-state index contributed by atoms with van der Waals surface area (Å²) in [5.74, 6) is 0.335. The van der Waals surface area contributed by atoms with E-state index in [0.29, 0.717) is 29.5 Å². The molecule has 9 heteroatoms. The first-order valence-corrected chi connectivity index (χ1v) is 12.7. The van der Waals surface area contributed by atoms with Gasteiger partial charge in [-0.25, -0.2) is 9.18 Å². The largest absolute Gasteiger partial charge is 0.491 e. The lowest BCUT2D eigenvalue weighted by Gasteiger charge is -2.29. The number of para-hydroxylation sites is 1. The summed E-state index contributed by atoms with van der Waals surface area (Å²) < 4.78 is 24.3. The lowest BCUT2D eigenvalue weighted by Crippen LogP contribution is -2.43. The van der Waals surface area contributed by atoms with Crippen LogP contribution in [0.4, 0.5) is 20.6 Å². The van der Waals surface area contributed by atoms with Gasteiger partial charge in [-0.1, -0.05) is 30.3 Å². The van der Waals surface area contributed by atoms with Crippen molar-refractivity contribution in [1.29, 1.82) is 0 Å². The number of aliphatic hydroxyl groups excluding tert-OH is 1. The number of thiocarbonyl (C=S) groups is 1. The van der Waals surface area contributed by atoms with Gasteiger partial charge in [-0.05, 0) is 93.5 Å². The monoisotopic (exact) mass is 539 g/mol. The highest BCUT2D eigenvalue weighted by Gasteiger charge is 2.24. The van der Waals surface area contributed by atoms with E-state index in [0.717, 1.165) is 11.3 Å². The van der Waals surface area contributed by atoms with Gasteiger partial charge >= 0.3 is 6.09 Å². The van der Waals surface area contributed by atoms with Gasteiger partial charge in [0.15, 0.2) is 5.11 Å². The Labute approximate surface area is 228 Å². The van der Waals surface area contributed by atoms with Gasteiger partial charge in [0.25, 0.3) is 0 Å². The van der Waals surface area contributed by atoms with Crippen LogP contribution < -0.4 is 15.4 Å². The van der Waals surface area contributed by atoms with Crippen molar-refractivity contribution in [2.75, 3.05) is 30.3 Å². The van der Waals surface area contributed by atoms with E-state index < -0.39 is 17.8 Å². The number of nitrogens with one attached hydrogen (secondary N) is 2. The normalized spacial score (nSPS) is 11.8. The molecule has 0 fully saturated rings. The Morgan fingerprint density at radius 2 is 1.55 bits per heavy atom. The number of ether oxygens (including phenoxy) is 2. The van der Waals surface area contributed by atoms with E-state index in [1.807, 2.05) is 54.6 Å². The van der Waals surface area contributed by atoms with Crippen LogP contribution in [0, 0.1) is 5.82 Å². The van der Waals surface area contributed by atoms with Crippen LogP contribution in [-0.2, 0) is 11.2 Å². The number of nitrogens with zero attached hydrogens (tertiary/aromatic N) is 1. The second-order valence-electron chi connectivity index (χ2n) is 9.74. The number of aliphatic hydroxyl groups is 1. The number of hydrogen-bond donors (Lipinski definition) is 3. The Hall–Kier alpha value is -3.69. The summed E-state index contributed by atoms with van der Waals surface area (Å²) in [6.45, 7) is 5.90. The summed E-state index contributed by atoms with van der Waals surface area (Å²) in [5.41, 5.74) is 1.80. The van der Waals surface area contributed by atoms with Gasteiger partial charge in [-0.2, -0.15) is 0 Å². The van der Waals surface area contributed by atoms with Gasteiger partial charge in [0, 0.05) is 17.9 Å². The number of carbonyl (C=O) groups excluding carboxylic acids is 1. The molecule has 3 aromatic carbocycles. The second-order valence-corrected chi connectivity index (χ2v) is 10.1. The number of carbonyl (C=O) groups is 1. The van der Waals surface area contributed by atoms with Crippen molar-refractivity contribution in [3.05, 3.63) is 90.2 Å². The lowest BCUT2D eigenvalue weighted by atomic mass is 10.1. The molecule has 0 radical (unpaired) electrons. The number of anilines is 2. The Kier molecular flexibility index (Phi) is 10.4. The van der Waals surface area contributed by atoms with Gasteiger partial charge < -0.3 is 30.1 Å². The van der Waals surface area contributed by atoms with Crippen LogP contribution in [0.2, 0.25) is 0 Å². The predicted molar refractivity (Wildman–Crippen MR) is 152 cm³/mol. The maximum Gasteiger partial charge on any atom is 0.410 e. The van der Waals surface area contributed by atoms with Crippen LogP contribution in [0.1, 0.15) is 26.3 Å². The van der Waals surface area contributed by atoms with Crippen molar-refractivity contribution in [3.63, 3.8) is 0 Å². The third-order valence-electron chi connectivity index (χ3n) is 5.25. The Balaban J connectivity index is 1.54. The van der Waals surface area contributed by atoms with Gasteiger partial charge in [0.05, 0.1) is 6.54 Å². The van der Waals surface area contributed by atoms with E-state index in [1.165, 1.54) is 17.0 Å². The first kappa shape index (κ1) is 28.9. The Morgan fingerprint density at radius 1 is 0.974 bits per heavy atom. The molecule has 1 amide bonds. The Bertz CT molecular complexity index is 1170. The number of amides is 1. The minimum Gasteiger partial charge on any atom is -0.491 e. The van der Waals surface area contributed by atoms with Crippen LogP contribution in [0.3, 0.4) is 0 Å². The first-order chi connectivity index (χ1) is 18.1. The zero-order chi connectivity index (χ0) is 27.5. The maximum absolute atomic E-state index is 13.1. The molecule has 202 valence electrons. The summed E-state index contributed by atoms with van der Waals surface area (Å²) in [4.78, 5) is 14.3. The summed E-state index contributed by atoms with van der Waals surface area (Å²) in [6.07, 6.45) is -0.819. The van der Waals surface area contributed by atoms with Crippen molar-refractivity contribution in [2.24, 2.45) is 0 Å². The number of benzene rings is 3. The molecule has 38 heavy (non-hydrogen) atoms. The SMILES string of the molecule is CC(C)(C)OC(=O)N(CCc1ccc(NC(=S)Nc2ccc(F)cc2)cc1)C[C@H](O)COc1ccccc1. The average Bonchev–Trinajstić information content (AvgIpc) is 2.87. The molecule has 3 aromatic rings. The van der Waals surface area contributed by atoms with Crippen LogP contribution >= 0.6 is 12.2 Å². The molecule has 1 atom stereocenters. The molecule has 7 nitrogen and oxygen atoms in total. The van der Waals surface area contributed by atoms with Crippen molar-refractivity contribution in [2.45, 2.75) is 38.9 Å². The standard InChI is InChI=1S/C29H34FN3O4S/c1-29(2,3)37-28(35)33(19-25(34)20-36-26-7-5-4-6-8-26)18-17-21-9-13-23(14-10-21)31-27(38)32-24-15-11-22(30)12-16-24/h4-16,25,34H,17-20H2,1-3H3,(H2,31,32,38)/t25-/m0/s1. The molecule has 0 bridgehead atoms. The highest BCUT2D eigenvalue weighted by molar-refractivity contribution is 7.80. The van der Waals surface area contributed by atoms with Crippen molar-refractivity contribution < 1.29 is 23.8 Å². The summed E-state index contributed by atoms with van der Waals surface area (Å²) in [7, 11) is 0. The Morgan fingerprint density at radius 3 is 2.13 bits per heavy atom. The predicted octanol–water partition coefficient (Wildman–Crippen LogP) is 5.85. The molecular weight excluding hydrogens is 505 g/mol. The zero-order valence-electron chi connectivity index (χ0n) is 21.8. The molecule has 3 N–H and O–H groups in total. The van der Waals surface area contributed by atoms with E-state index in [9.17, 15) is 14.3 Å². The molecule has 0 heterocycles. The summed E-state index contributed by atoms with van der Waals surface area (Å²) in [6, 6.07) is 22.8. The van der Waals surface area contributed by atoms with E-state index >= 15 is 0 Å². The van der Waals surface area contributed by atoms with Crippen LogP contribution in [0.25, 0.3) is 0 Å². The van der Waals surface area contributed by atoms with Crippen LogP contribution in [0.15, 0.2) is 78.9 Å². The molecule has 0 saturated carbocycles. The fraction of sp³-hybridized carbons (Fsp3) is 0.310. The second kappa shape index (κ2) is 13.7. The number of rotatable bonds is 10. The molecule has 0 spiro atoms. The van der Waals surface area contributed by atoms with Gasteiger partial charge in [-0.3, -0.25) is 0 Å². The summed E-state index contributed by atoms with van der Waals surface area (Å²) in [5, 5.41) is 17.0. The highest BCUT2D eigenvalue weighted by Crippen LogP contribution is 2.15. The zero-order valence-corrected chi connectivity index (χ0v) is 22.6. The molecular formula is C29H34FN3O4S. The average molecular weight is 540 g/mol. The molecule has 0 aliphatic carbocycles. The van der Waals surface area contributed by atoms with Crippen molar-refractivity contribution in [3.8, 4) is 5.75 Å². The minimum atomic E-state index is -0.885. The fourth-order valence-corrected chi connectivity index (χ4v) is 3.68. The third kappa shape index (κ3) is 10.4. The van der Waals surface area contributed by atoms with E-state index in [4.69, 9.17) is 21.7 Å². The molecule has 0 aromatic heterocycles. The number of hydrogen-bond acceptors (Lipinski definition) is 5. The van der Waals surface area contributed by atoms with Crippen molar-refractivity contribution in [1.82, 2.24) is 4.90 Å². The summed E-state index contributed by atoms with van der Waals surface area (Å²) >= 11 is 5.33. The maximum atomic E-state index is 13.1. The topological polar surface area (TPSA) is 83.1 Å². The molecule has 3 rings (SSSR count). The first-order valence-electron chi connectivity index (χ1n) is 12.3. The van der Waals surface area contributed by atoms with Crippen LogP contribution in [-0.4, -0.2) is 52.6 Å². The lowest BCUT2D eigenvalue weighted by molar-refractivity contribution is 0.00945. The van der Waals surface area contributed by atoms with Gasteiger partial charge in [-0.15, -0.1) is 0 Å². The van der Waals surface area contributed by atoms with Crippen LogP contribution in [0.5, 0.6) is 5.75 Å². The van der Waals surface area contributed by atoms with E-state index in [-0.39, 0.29) is 19.0 Å².